The lowest BCUT2D eigenvalue weighted by atomic mass is 9.95. The van der Waals surface area contributed by atoms with Crippen molar-refractivity contribution in [2.24, 2.45) is 4.99 Å². The number of thiazole rings is 1. The monoisotopic (exact) mass is 435 g/mol. The quantitative estimate of drug-likeness (QED) is 0.574. The number of aromatic nitrogens is 2. The summed E-state index contributed by atoms with van der Waals surface area (Å²) in [6.07, 6.45) is 5.15. The molecule has 3 aromatic rings. The van der Waals surface area contributed by atoms with Gasteiger partial charge in [0, 0.05) is 12.4 Å². The molecular weight excluding hydrogens is 414 g/mol. The Morgan fingerprint density at radius 2 is 2.03 bits per heavy atom. The molecule has 1 unspecified atom stereocenters. The second-order valence-corrected chi connectivity index (χ2v) is 7.87. The van der Waals surface area contributed by atoms with Crippen molar-refractivity contribution in [3.05, 3.63) is 90.9 Å². The van der Waals surface area contributed by atoms with Crippen LogP contribution in [0.15, 0.2) is 69.8 Å². The third-order valence-corrected chi connectivity index (χ3v) is 5.91. The van der Waals surface area contributed by atoms with Crippen LogP contribution >= 0.6 is 11.3 Å². The topological polar surface area (TPSA) is 82.8 Å². The summed E-state index contributed by atoms with van der Waals surface area (Å²) in [7, 11) is 1.58. The van der Waals surface area contributed by atoms with Crippen molar-refractivity contribution in [3.63, 3.8) is 0 Å². The van der Waals surface area contributed by atoms with E-state index in [1.165, 1.54) is 11.3 Å². The first kappa shape index (κ1) is 20.7. The molecule has 0 N–H and O–H groups in total. The number of ether oxygens (including phenoxy) is 2. The van der Waals surface area contributed by atoms with E-state index in [0.29, 0.717) is 26.4 Å². The molecule has 31 heavy (non-hydrogen) atoms. The van der Waals surface area contributed by atoms with E-state index in [9.17, 15) is 9.59 Å². The summed E-state index contributed by atoms with van der Waals surface area (Å²) in [6.45, 7) is 3.74. The first-order valence-electron chi connectivity index (χ1n) is 9.77. The SMILES string of the molecule is CCOC(=O)C1=C(C)N=c2s/c(=C\c3ccncc3)c(=O)n2C1c1cccc(OC)c1. The molecule has 0 amide bonds. The van der Waals surface area contributed by atoms with Crippen molar-refractivity contribution < 1.29 is 14.3 Å². The number of nitrogens with zero attached hydrogens (tertiary/aromatic N) is 3. The molecule has 0 fully saturated rings. The van der Waals surface area contributed by atoms with Crippen molar-refractivity contribution in [1.82, 2.24) is 9.55 Å². The average molecular weight is 436 g/mol. The minimum atomic E-state index is -0.662. The van der Waals surface area contributed by atoms with Gasteiger partial charge in [0.1, 0.15) is 5.75 Å². The molecule has 2 aromatic heterocycles. The number of hydrogen-bond donors (Lipinski definition) is 0. The predicted octanol–water partition coefficient (Wildman–Crippen LogP) is 2.20. The number of benzene rings is 1. The molecule has 0 radical (unpaired) electrons. The molecule has 1 aliphatic heterocycles. The van der Waals surface area contributed by atoms with Gasteiger partial charge in [-0.3, -0.25) is 14.3 Å². The number of rotatable bonds is 5. The standard InChI is InChI=1S/C23H21N3O4S/c1-4-30-22(28)19-14(2)25-23-26(20(19)16-6-5-7-17(13-16)29-3)21(27)18(31-23)12-15-8-10-24-11-9-15/h5-13,20H,4H2,1-3H3/b18-12-. The number of pyridine rings is 1. The average Bonchev–Trinajstić information content (AvgIpc) is 3.08. The van der Waals surface area contributed by atoms with Gasteiger partial charge in [-0.1, -0.05) is 23.5 Å². The fraction of sp³-hybridized carbons (Fsp3) is 0.217. The summed E-state index contributed by atoms with van der Waals surface area (Å²) in [6, 6.07) is 10.3. The minimum Gasteiger partial charge on any atom is -0.497 e. The van der Waals surface area contributed by atoms with Crippen LogP contribution in [0.4, 0.5) is 0 Å². The maximum Gasteiger partial charge on any atom is 0.338 e. The van der Waals surface area contributed by atoms with Gasteiger partial charge in [0.15, 0.2) is 4.80 Å². The van der Waals surface area contributed by atoms with Gasteiger partial charge in [0.05, 0.1) is 35.6 Å². The second kappa shape index (κ2) is 8.69. The predicted molar refractivity (Wildman–Crippen MR) is 118 cm³/mol. The summed E-state index contributed by atoms with van der Waals surface area (Å²) in [5, 5.41) is 0. The molecule has 0 bridgehead atoms. The number of hydrogen-bond acceptors (Lipinski definition) is 7. The van der Waals surface area contributed by atoms with Crippen LogP contribution in [0, 0.1) is 0 Å². The van der Waals surface area contributed by atoms with Crippen molar-refractivity contribution in [2.45, 2.75) is 19.9 Å². The molecule has 1 aliphatic rings. The molecular formula is C23H21N3O4S. The summed E-state index contributed by atoms with van der Waals surface area (Å²) in [5.74, 6) is 0.147. The Morgan fingerprint density at radius 3 is 2.74 bits per heavy atom. The molecule has 0 aliphatic carbocycles. The van der Waals surface area contributed by atoms with Crippen LogP contribution in [0.2, 0.25) is 0 Å². The van der Waals surface area contributed by atoms with E-state index in [1.54, 1.807) is 44.0 Å². The summed E-state index contributed by atoms with van der Waals surface area (Å²) < 4.78 is 12.8. The number of esters is 1. The molecule has 0 spiro atoms. The Kier molecular flexibility index (Phi) is 5.81. The zero-order valence-electron chi connectivity index (χ0n) is 17.4. The minimum absolute atomic E-state index is 0.220. The third-order valence-electron chi connectivity index (χ3n) is 4.93. The molecule has 1 atom stereocenters. The van der Waals surface area contributed by atoms with Crippen LogP contribution in [0.3, 0.4) is 0 Å². The second-order valence-electron chi connectivity index (χ2n) is 6.86. The maximum atomic E-state index is 13.4. The van der Waals surface area contributed by atoms with Crippen LogP contribution < -0.4 is 19.6 Å². The van der Waals surface area contributed by atoms with E-state index >= 15 is 0 Å². The lowest BCUT2D eigenvalue weighted by molar-refractivity contribution is -0.139. The Morgan fingerprint density at radius 1 is 1.26 bits per heavy atom. The van der Waals surface area contributed by atoms with E-state index in [2.05, 4.69) is 9.98 Å². The normalized spacial score (nSPS) is 16.0. The van der Waals surface area contributed by atoms with Crippen molar-refractivity contribution >= 4 is 23.4 Å². The summed E-state index contributed by atoms with van der Waals surface area (Å²) in [4.78, 5) is 35.4. The van der Waals surface area contributed by atoms with E-state index in [1.807, 2.05) is 36.4 Å². The third kappa shape index (κ3) is 3.94. The number of carbonyl (C=O) groups is 1. The van der Waals surface area contributed by atoms with Crippen LogP contribution in [0.25, 0.3) is 6.08 Å². The van der Waals surface area contributed by atoms with E-state index < -0.39 is 12.0 Å². The van der Waals surface area contributed by atoms with Gasteiger partial charge < -0.3 is 9.47 Å². The first-order valence-corrected chi connectivity index (χ1v) is 10.6. The largest absolute Gasteiger partial charge is 0.497 e. The van der Waals surface area contributed by atoms with Crippen molar-refractivity contribution in [3.8, 4) is 5.75 Å². The van der Waals surface area contributed by atoms with Gasteiger partial charge in [-0.05, 0) is 55.3 Å². The number of allylic oxidation sites excluding steroid dienone is 1. The molecule has 3 heterocycles. The van der Waals surface area contributed by atoms with Crippen LogP contribution in [-0.4, -0.2) is 29.2 Å². The number of methoxy groups -OCH3 is 1. The maximum absolute atomic E-state index is 13.4. The van der Waals surface area contributed by atoms with Gasteiger partial charge in [-0.15, -0.1) is 0 Å². The van der Waals surface area contributed by atoms with Crippen LogP contribution in [0.5, 0.6) is 5.75 Å². The highest BCUT2D eigenvalue weighted by Crippen LogP contribution is 2.32. The number of carbonyl (C=O) groups excluding carboxylic acids is 1. The lowest BCUT2D eigenvalue weighted by Crippen LogP contribution is -2.39. The van der Waals surface area contributed by atoms with Gasteiger partial charge in [-0.2, -0.15) is 0 Å². The van der Waals surface area contributed by atoms with Gasteiger partial charge in [-0.25, -0.2) is 9.79 Å². The smallest absolute Gasteiger partial charge is 0.338 e. The van der Waals surface area contributed by atoms with Gasteiger partial charge in [0.25, 0.3) is 5.56 Å². The molecule has 8 heteroatoms. The summed E-state index contributed by atoms with van der Waals surface area (Å²) in [5.41, 5.74) is 2.26. The molecule has 1 aromatic carbocycles. The zero-order valence-corrected chi connectivity index (χ0v) is 18.2. The van der Waals surface area contributed by atoms with Gasteiger partial charge in [0.2, 0.25) is 0 Å². The fourth-order valence-corrected chi connectivity index (χ4v) is 4.58. The van der Waals surface area contributed by atoms with E-state index in [-0.39, 0.29) is 12.2 Å². The van der Waals surface area contributed by atoms with E-state index in [4.69, 9.17) is 9.47 Å². The Hall–Kier alpha value is -3.52. The lowest BCUT2D eigenvalue weighted by Gasteiger charge is -2.25. The Bertz CT molecular complexity index is 1340. The molecule has 4 rings (SSSR count). The molecule has 0 saturated heterocycles. The van der Waals surface area contributed by atoms with Crippen LogP contribution in [-0.2, 0) is 9.53 Å². The number of fused-ring (bicyclic) bond motifs is 1. The highest BCUT2D eigenvalue weighted by atomic mass is 32.1. The molecule has 158 valence electrons. The molecule has 0 saturated carbocycles. The Balaban J connectivity index is 1.97. The zero-order chi connectivity index (χ0) is 22.0. The van der Waals surface area contributed by atoms with Gasteiger partial charge >= 0.3 is 5.97 Å². The van der Waals surface area contributed by atoms with E-state index in [0.717, 1.165) is 11.1 Å². The Labute approximate surface area is 182 Å². The highest BCUT2D eigenvalue weighted by Gasteiger charge is 2.33. The first-order chi connectivity index (χ1) is 15.0. The highest BCUT2D eigenvalue weighted by molar-refractivity contribution is 7.07. The van der Waals surface area contributed by atoms with Crippen molar-refractivity contribution in [2.75, 3.05) is 13.7 Å². The van der Waals surface area contributed by atoms with Crippen molar-refractivity contribution in [1.29, 1.82) is 0 Å². The summed E-state index contributed by atoms with van der Waals surface area (Å²) >= 11 is 1.29. The fourth-order valence-electron chi connectivity index (χ4n) is 3.53. The van der Waals surface area contributed by atoms with Crippen LogP contribution in [0.1, 0.15) is 31.0 Å². The molecule has 7 nitrogen and oxygen atoms in total.